The van der Waals surface area contributed by atoms with Crippen LogP contribution in [-0.4, -0.2) is 58.1 Å². The van der Waals surface area contributed by atoms with Crippen molar-refractivity contribution < 1.29 is 18.0 Å². The van der Waals surface area contributed by atoms with Gasteiger partial charge in [-0.3, -0.25) is 9.78 Å². The number of rotatable bonds is 6. The lowest BCUT2D eigenvalue weighted by Crippen LogP contribution is -2.53. The number of hydrogen-bond acceptors (Lipinski definition) is 6. The molecule has 29 heavy (non-hydrogen) atoms. The van der Waals surface area contributed by atoms with Gasteiger partial charge in [0.1, 0.15) is 11.5 Å². The molecule has 0 atom stereocenters. The molecule has 0 radical (unpaired) electrons. The Bertz CT molecular complexity index is 1050. The Labute approximate surface area is 168 Å². The fourth-order valence-corrected chi connectivity index (χ4v) is 3.33. The number of aromatic amines is 1. The van der Waals surface area contributed by atoms with E-state index in [0.717, 1.165) is 10.9 Å². The monoisotopic (exact) mass is 424 g/mol. The molecule has 0 bridgehead atoms. The number of aromatic nitrogens is 4. The molecule has 3 aromatic rings. The summed E-state index contributed by atoms with van der Waals surface area (Å²) in [4.78, 5) is 30.0. The van der Waals surface area contributed by atoms with E-state index in [1.54, 1.807) is 30.9 Å². The number of carbonyl (C=O) groups excluding carboxylic acids is 1. The van der Waals surface area contributed by atoms with E-state index in [4.69, 9.17) is 11.6 Å². The molecule has 0 saturated carbocycles. The van der Waals surface area contributed by atoms with Gasteiger partial charge in [0.05, 0.1) is 42.1 Å². The van der Waals surface area contributed by atoms with Crippen LogP contribution >= 0.6 is 11.6 Å². The Hall–Kier alpha value is -2.72. The van der Waals surface area contributed by atoms with Crippen LogP contribution < -0.4 is 10.2 Å². The molecule has 0 spiro atoms. The molecule has 3 aromatic heterocycles. The predicted octanol–water partition coefficient (Wildman–Crippen LogP) is 2.83. The zero-order valence-corrected chi connectivity index (χ0v) is 15.8. The second-order valence-electron chi connectivity index (χ2n) is 6.80. The molecule has 7 nitrogen and oxygen atoms in total. The number of nitrogens with one attached hydrogen (secondary N) is 2. The Kier molecular flexibility index (Phi) is 5.13. The molecule has 2 N–H and O–H groups in total. The Morgan fingerprint density at radius 1 is 1.31 bits per heavy atom. The molecule has 0 aliphatic carbocycles. The van der Waals surface area contributed by atoms with Crippen molar-refractivity contribution in [3.05, 3.63) is 35.9 Å². The SMILES string of the molecule is O=C(CNCC(F)(F)F)C1CN(c2cncc(-c3c[nH]c4ncc(Cl)cc34)n2)C1. The van der Waals surface area contributed by atoms with Crippen LogP contribution in [0.5, 0.6) is 0 Å². The van der Waals surface area contributed by atoms with Crippen LogP contribution in [0.4, 0.5) is 19.0 Å². The first kappa shape index (κ1) is 19.6. The zero-order chi connectivity index (χ0) is 20.6. The van der Waals surface area contributed by atoms with E-state index >= 15 is 0 Å². The topological polar surface area (TPSA) is 86.8 Å². The maximum atomic E-state index is 12.1. The van der Waals surface area contributed by atoms with Gasteiger partial charge in [-0.25, -0.2) is 9.97 Å². The van der Waals surface area contributed by atoms with Crippen molar-refractivity contribution in [2.75, 3.05) is 31.1 Å². The second-order valence-corrected chi connectivity index (χ2v) is 7.24. The molecule has 0 amide bonds. The minimum atomic E-state index is -4.33. The van der Waals surface area contributed by atoms with Crippen molar-refractivity contribution in [1.29, 1.82) is 0 Å². The minimum absolute atomic E-state index is 0.244. The summed E-state index contributed by atoms with van der Waals surface area (Å²) in [5, 5.41) is 3.46. The second kappa shape index (κ2) is 7.60. The van der Waals surface area contributed by atoms with Crippen LogP contribution in [0.1, 0.15) is 0 Å². The molecule has 1 aliphatic rings. The number of nitrogens with zero attached hydrogens (tertiary/aromatic N) is 4. The number of anilines is 1. The van der Waals surface area contributed by atoms with Crippen molar-refractivity contribution in [2.24, 2.45) is 5.92 Å². The summed E-state index contributed by atoms with van der Waals surface area (Å²) in [7, 11) is 0. The maximum Gasteiger partial charge on any atom is 0.401 e. The summed E-state index contributed by atoms with van der Waals surface area (Å²) in [6.45, 7) is -0.684. The van der Waals surface area contributed by atoms with E-state index in [0.29, 0.717) is 35.3 Å². The molecule has 4 heterocycles. The highest BCUT2D eigenvalue weighted by molar-refractivity contribution is 6.31. The molecule has 4 rings (SSSR count). The molecule has 0 unspecified atom stereocenters. The van der Waals surface area contributed by atoms with Crippen molar-refractivity contribution in [1.82, 2.24) is 25.3 Å². The van der Waals surface area contributed by atoms with Gasteiger partial charge in [-0.2, -0.15) is 13.2 Å². The first-order valence-corrected chi connectivity index (χ1v) is 9.18. The van der Waals surface area contributed by atoms with Crippen molar-refractivity contribution >= 4 is 34.2 Å². The van der Waals surface area contributed by atoms with Crippen LogP contribution in [-0.2, 0) is 4.79 Å². The largest absolute Gasteiger partial charge is 0.401 e. The van der Waals surface area contributed by atoms with Gasteiger partial charge in [0.2, 0.25) is 0 Å². The van der Waals surface area contributed by atoms with Gasteiger partial charge in [0.25, 0.3) is 0 Å². The van der Waals surface area contributed by atoms with Crippen LogP contribution in [0.25, 0.3) is 22.3 Å². The predicted molar refractivity (Wildman–Crippen MR) is 102 cm³/mol. The smallest absolute Gasteiger partial charge is 0.354 e. The van der Waals surface area contributed by atoms with Gasteiger partial charge in [0, 0.05) is 36.4 Å². The summed E-state index contributed by atoms with van der Waals surface area (Å²) in [6, 6.07) is 1.79. The van der Waals surface area contributed by atoms with E-state index in [9.17, 15) is 18.0 Å². The fraction of sp³-hybridized carbons (Fsp3) is 0.333. The number of halogens is 4. The number of fused-ring (bicyclic) bond motifs is 1. The molecule has 0 aromatic carbocycles. The Balaban J connectivity index is 1.41. The average Bonchev–Trinajstić information content (AvgIpc) is 3.02. The van der Waals surface area contributed by atoms with E-state index in [1.165, 1.54) is 0 Å². The lowest BCUT2D eigenvalue weighted by atomic mass is 9.95. The average molecular weight is 425 g/mol. The number of hydrogen-bond donors (Lipinski definition) is 2. The van der Waals surface area contributed by atoms with Gasteiger partial charge in [-0.05, 0) is 6.07 Å². The maximum absolute atomic E-state index is 12.1. The number of alkyl halides is 3. The third-order valence-electron chi connectivity index (χ3n) is 4.68. The van der Waals surface area contributed by atoms with E-state index in [-0.39, 0.29) is 18.2 Å². The molecular formula is C18H16ClF3N6O. The van der Waals surface area contributed by atoms with Crippen molar-refractivity contribution in [2.45, 2.75) is 6.18 Å². The lowest BCUT2D eigenvalue weighted by molar-refractivity contribution is -0.129. The summed E-state index contributed by atoms with van der Waals surface area (Å²) in [5.41, 5.74) is 2.10. The number of H-pyrrole nitrogens is 1. The summed E-state index contributed by atoms with van der Waals surface area (Å²) in [6.07, 6.45) is 2.20. The molecule has 1 aliphatic heterocycles. The highest BCUT2D eigenvalue weighted by Crippen LogP contribution is 2.30. The molecule has 1 fully saturated rings. The van der Waals surface area contributed by atoms with Crippen LogP contribution in [0, 0.1) is 5.92 Å². The zero-order valence-electron chi connectivity index (χ0n) is 15.0. The summed E-state index contributed by atoms with van der Waals surface area (Å²) < 4.78 is 36.4. The van der Waals surface area contributed by atoms with Gasteiger partial charge >= 0.3 is 6.18 Å². The quantitative estimate of drug-likeness (QED) is 0.633. The van der Waals surface area contributed by atoms with Gasteiger partial charge in [-0.15, -0.1) is 0 Å². The van der Waals surface area contributed by atoms with Crippen LogP contribution in [0.2, 0.25) is 5.02 Å². The number of pyridine rings is 1. The van der Waals surface area contributed by atoms with E-state index in [1.807, 2.05) is 4.90 Å². The van der Waals surface area contributed by atoms with Gasteiger partial charge in [0.15, 0.2) is 5.78 Å². The molecule has 11 heteroatoms. The Morgan fingerprint density at radius 3 is 2.86 bits per heavy atom. The van der Waals surface area contributed by atoms with Crippen molar-refractivity contribution in [3.63, 3.8) is 0 Å². The van der Waals surface area contributed by atoms with Gasteiger partial charge < -0.3 is 15.2 Å². The van der Waals surface area contributed by atoms with E-state index < -0.39 is 12.7 Å². The number of Topliss-reactive ketones (excluding diaryl/α,β-unsaturated/α-hetero) is 1. The van der Waals surface area contributed by atoms with Crippen LogP contribution in [0.15, 0.2) is 30.9 Å². The van der Waals surface area contributed by atoms with Gasteiger partial charge in [-0.1, -0.05) is 11.6 Å². The third kappa shape index (κ3) is 4.33. The van der Waals surface area contributed by atoms with Crippen LogP contribution in [0.3, 0.4) is 0 Å². The molecule has 1 saturated heterocycles. The first-order valence-electron chi connectivity index (χ1n) is 8.80. The van der Waals surface area contributed by atoms with Crippen molar-refractivity contribution in [3.8, 4) is 11.3 Å². The normalized spacial score (nSPS) is 15.0. The first-order chi connectivity index (χ1) is 13.8. The number of ketones is 1. The highest BCUT2D eigenvalue weighted by Gasteiger charge is 2.34. The third-order valence-corrected chi connectivity index (χ3v) is 4.89. The Morgan fingerprint density at radius 2 is 2.10 bits per heavy atom. The van der Waals surface area contributed by atoms with E-state index in [2.05, 4.69) is 25.3 Å². The fourth-order valence-electron chi connectivity index (χ4n) is 3.17. The standard InChI is InChI=1S/C18H16ClF3N6O/c19-11-1-12-13(3-26-17(12)25-2-11)14-4-23-6-16(27-14)28-7-10(8-28)15(29)5-24-9-18(20,21)22/h1-4,6,10,24H,5,7-9H2,(H,25,26). The summed E-state index contributed by atoms with van der Waals surface area (Å²) in [5.74, 6) is 0.0309. The highest BCUT2D eigenvalue weighted by atomic mass is 35.5. The summed E-state index contributed by atoms with van der Waals surface area (Å²) >= 11 is 6.04. The molecular weight excluding hydrogens is 409 g/mol. The molecule has 152 valence electrons. The lowest BCUT2D eigenvalue weighted by Gasteiger charge is -2.39. The number of carbonyl (C=O) groups is 1. The minimum Gasteiger partial charge on any atom is -0.354 e.